The van der Waals surface area contributed by atoms with E-state index in [-0.39, 0.29) is 31.2 Å². The van der Waals surface area contributed by atoms with Gasteiger partial charge in [0.15, 0.2) is 0 Å². The van der Waals surface area contributed by atoms with Gasteiger partial charge >= 0.3 is 12.0 Å². The number of amides is 4. The molecule has 2 saturated heterocycles. The summed E-state index contributed by atoms with van der Waals surface area (Å²) in [5.41, 5.74) is -0.0672. The smallest absolute Gasteiger partial charge is 0.322 e. The third-order valence-electron chi connectivity index (χ3n) is 6.37. The van der Waals surface area contributed by atoms with E-state index in [4.69, 9.17) is 16.3 Å². The summed E-state index contributed by atoms with van der Waals surface area (Å²) in [6.45, 7) is 11.0. The SMILES string of the molecule is CCc1cc(N2CCN(C(=O)CCC3(CC(=O)OC(C)(C)C)NC(=O)NC3=O)C[C@@H]2C)ccc1Cl. The standard InChI is InChI=1S/C25H35ClN4O5/c1-6-17-13-18(7-8-19(17)26)30-12-11-29(15-16(30)2)20(31)9-10-25(22(33)27-23(34)28-25)14-21(32)35-24(3,4)5/h7-8,13,16H,6,9-12,14-15H2,1-5H3,(H2,27,28,33,34)/t16-,25?/m0/s1. The van der Waals surface area contributed by atoms with Gasteiger partial charge in [0.2, 0.25) is 5.91 Å². The lowest BCUT2D eigenvalue weighted by Crippen LogP contribution is -2.54. The van der Waals surface area contributed by atoms with Crippen LogP contribution in [0.15, 0.2) is 18.2 Å². The zero-order chi connectivity index (χ0) is 26.0. The van der Waals surface area contributed by atoms with E-state index in [0.29, 0.717) is 19.6 Å². The Labute approximate surface area is 211 Å². The molecule has 1 unspecified atom stereocenters. The number of halogens is 1. The second-order valence-corrected chi connectivity index (χ2v) is 10.7. The number of hydrogen-bond acceptors (Lipinski definition) is 6. The van der Waals surface area contributed by atoms with Crippen LogP contribution in [0.25, 0.3) is 0 Å². The van der Waals surface area contributed by atoms with Crippen LogP contribution in [0.3, 0.4) is 0 Å². The van der Waals surface area contributed by atoms with Crippen LogP contribution in [-0.2, 0) is 25.5 Å². The Hall–Kier alpha value is -2.81. The topological polar surface area (TPSA) is 108 Å². The molecule has 0 aromatic heterocycles. The number of esters is 1. The number of nitrogens with one attached hydrogen (secondary N) is 2. The van der Waals surface area contributed by atoms with E-state index in [2.05, 4.69) is 35.4 Å². The zero-order valence-corrected chi connectivity index (χ0v) is 21.8. The van der Waals surface area contributed by atoms with E-state index in [1.165, 1.54) is 0 Å². The summed E-state index contributed by atoms with van der Waals surface area (Å²) in [7, 11) is 0. The van der Waals surface area contributed by atoms with E-state index >= 15 is 0 Å². The zero-order valence-electron chi connectivity index (χ0n) is 21.1. The molecule has 0 spiro atoms. The Kier molecular flexibility index (Phi) is 7.99. The van der Waals surface area contributed by atoms with Gasteiger partial charge in [-0.25, -0.2) is 4.79 Å². The van der Waals surface area contributed by atoms with Gasteiger partial charge in [-0.1, -0.05) is 18.5 Å². The van der Waals surface area contributed by atoms with Crippen LogP contribution in [0.5, 0.6) is 0 Å². The molecule has 1 aromatic carbocycles. The van der Waals surface area contributed by atoms with Gasteiger partial charge in [0.1, 0.15) is 11.1 Å². The van der Waals surface area contributed by atoms with Gasteiger partial charge in [-0.3, -0.25) is 19.7 Å². The van der Waals surface area contributed by atoms with Gasteiger partial charge in [0.05, 0.1) is 6.42 Å². The molecule has 3 rings (SSSR count). The first kappa shape index (κ1) is 26.8. The number of anilines is 1. The van der Waals surface area contributed by atoms with Crippen LogP contribution >= 0.6 is 11.6 Å². The molecule has 0 saturated carbocycles. The fourth-order valence-corrected chi connectivity index (χ4v) is 4.85. The Bertz CT molecular complexity index is 1010. The summed E-state index contributed by atoms with van der Waals surface area (Å²) >= 11 is 6.26. The van der Waals surface area contributed by atoms with Crippen molar-refractivity contribution in [1.82, 2.24) is 15.5 Å². The van der Waals surface area contributed by atoms with E-state index in [1.807, 2.05) is 12.1 Å². The number of hydrogen-bond donors (Lipinski definition) is 2. The molecule has 2 aliphatic heterocycles. The van der Waals surface area contributed by atoms with Crippen molar-refractivity contribution in [2.45, 2.75) is 77.5 Å². The lowest BCUT2D eigenvalue weighted by atomic mass is 9.89. The lowest BCUT2D eigenvalue weighted by molar-refractivity contribution is -0.158. The molecule has 1 aromatic rings. The number of carbonyl (C=O) groups excluding carboxylic acids is 4. The molecule has 192 valence electrons. The molecule has 2 atom stereocenters. The average molecular weight is 507 g/mol. The van der Waals surface area contributed by atoms with Crippen molar-refractivity contribution in [2.24, 2.45) is 0 Å². The Morgan fingerprint density at radius 3 is 2.51 bits per heavy atom. The maximum Gasteiger partial charge on any atom is 0.322 e. The summed E-state index contributed by atoms with van der Waals surface area (Å²) in [4.78, 5) is 54.0. The average Bonchev–Trinajstić information content (AvgIpc) is 3.03. The van der Waals surface area contributed by atoms with Crippen molar-refractivity contribution in [3.05, 3.63) is 28.8 Å². The number of nitrogens with zero attached hydrogens (tertiary/aromatic N) is 2. The molecule has 0 bridgehead atoms. The largest absolute Gasteiger partial charge is 0.460 e. The second-order valence-electron chi connectivity index (χ2n) is 10.3. The highest BCUT2D eigenvalue weighted by molar-refractivity contribution is 6.31. The van der Waals surface area contributed by atoms with Gasteiger partial charge in [-0.05, 0) is 64.3 Å². The van der Waals surface area contributed by atoms with E-state index in [1.54, 1.807) is 25.7 Å². The van der Waals surface area contributed by atoms with Gasteiger partial charge in [-0.15, -0.1) is 0 Å². The number of carbonyl (C=O) groups is 4. The molecule has 10 heteroatoms. The third kappa shape index (κ3) is 6.45. The molecule has 9 nitrogen and oxygen atoms in total. The fraction of sp³-hybridized carbons (Fsp3) is 0.600. The van der Waals surface area contributed by atoms with Crippen molar-refractivity contribution < 1.29 is 23.9 Å². The Balaban J connectivity index is 1.63. The highest BCUT2D eigenvalue weighted by Gasteiger charge is 2.48. The molecule has 2 heterocycles. The van der Waals surface area contributed by atoms with Crippen LogP contribution < -0.4 is 15.5 Å². The monoisotopic (exact) mass is 506 g/mol. The molecule has 4 amide bonds. The summed E-state index contributed by atoms with van der Waals surface area (Å²) in [5.74, 6) is -1.35. The maximum atomic E-state index is 13.1. The van der Waals surface area contributed by atoms with Crippen molar-refractivity contribution in [2.75, 3.05) is 24.5 Å². The van der Waals surface area contributed by atoms with Gasteiger partial charge in [0, 0.05) is 42.8 Å². The van der Waals surface area contributed by atoms with Crippen molar-refractivity contribution in [3.63, 3.8) is 0 Å². The molecule has 2 N–H and O–H groups in total. The second kappa shape index (κ2) is 10.4. The number of rotatable bonds is 7. The van der Waals surface area contributed by atoms with Crippen molar-refractivity contribution >= 4 is 41.1 Å². The molecule has 0 radical (unpaired) electrons. The van der Waals surface area contributed by atoms with Crippen molar-refractivity contribution in [3.8, 4) is 0 Å². The summed E-state index contributed by atoms with van der Waals surface area (Å²) in [6, 6.07) is 5.41. The number of benzene rings is 1. The highest BCUT2D eigenvalue weighted by atomic mass is 35.5. The molecule has 2 aliphatic rings. The number of ether oxygens (including phenoxy) is 1. The highest BCUT2D eigenvalue weighted by Crippen LogP contribution is 2.28. The van der Waals surface area contributed by atoms with Gasteiger partial charge in [0.25, 0.3) is 5.91 Å². The summed E-state index contributed by atoms with van der Waals surface area (Å²) < 4.78 is 5.34. The van der Waals surface area contributed by atoms with Gasteiger partial charge in [-0.2, -0.15) is 0 Å². The molecular weight excluding hydrogens is 472 g/mol. The van der Waals surface area contributed by atoms with Crippen molar-refractivity contribution in [1.29, 1.82) is 0 Å². The number of aryl methyl sites for hydroxylation is 1. The normalized spacial score (nSPS) is 22.6. The Morgan fingerprint density at radius 2 is 1.94 bits per heavy atom. The van der Waals surface area contributed by atoms with Crippen LogP contribution in [0.2, 0.25) is 5.02 Å². The quantitative estimate of drug-likeness (QED) is 0.434. The number of urea groups is 1. The predicted octanol–water partition coefficient (Wildman–Crippen LogP) is 3.03. The van der Waals surface area contributed by atoms with Crippen LogP contribution in [0.4, 0.5) is 10.5 Å². The molecule has 0 aliphatic carbocycles. The molecular formula is C25H35ClN4O5. The molecule has 35 heavy (non-hydrogen) atoms. The number of piperazine rings is 1. The number of imide groups is 1. The minimum Gasteiger partial charge on any atom is -0.460 e. The molecule has 2 fully saturated rings. The minimum absolute atomic E-state index is 0.00822. The lowest BCUT2D eigenvalue weighted by Gasteiger charge is -2.41. The third-order valence-corrected chi connectivity index (χ3v) is 6.74. The van der Waals surface area contributed by atoms with E-state index < -0.39 is 29.0 Å². The summed E-state index contributed by atoms with van der Waals surface area (Å²) in [6.07, 6.45) is 0.530. The first-order valence-corrected chi connectivity index (χ1v) is 12.4. The fourth-order valence-electron chi connectivity index (χ4n) is 4.60. The van der Waals surface area contributed by atoms with Gasteiger partial charge < -0.3 is 19.9 Å². The predicted molar refractivity (Wildman–Crippen MR) is 133 cm³/mol. The first-order valence-electron chi connectivity index (χ1n) is 12.0. The maximum absolute atomic E-state index is 13.1. The van der Waals surface area contributed by atoms with E-state index in [0.717, 1.165) is 22.7 Å². The van der Waals surface area contributed by atoms with Crippen LogP contribution in [-0.4, -0.2) is 65.5 Å². The minimum atomic E-state index is -1.50. The first-order chi connectivity index (χ1) is 16.3. The van der Waals surface area contributed by atoms with E-state index in [9.17, 15) is 19.2 Å². The van der Waals surface area contributed by atoms with Crippen LogP contribution in [0, 0.1) is 0 Å². The Morgan fingerprint density at radius 1 is 1.23 bits per heavy atom. The van der Waals surface area contributed by atoms with Crippen LogP contribution in [0.1, 0.15) is 59.4 Å². The summed E-state index contributed by atoms with van der Waals surface area (Å²) in [5, 5.41) is 5.49.